The second-order valence-corrected chi connectivity index (χ2v) is 7.67. The molecule has 104 valence electrons. The summed E-state index contributed by atoms with van der Waals surface area (Å²) >= 11 is 2.07. The number of nitrogens with one attached hydrogen (secondary N) is 1. The lowest BCUT2D eigenvalue weighted by atomic mass is 9.75. The van der Waals surface area contributed by atoms with E-state index in [4.69, 9.17) is 0 Å². The highest BCUT2D eigenvalue weighted by Crippen LogP contribution is 2.43. The maximum Gasteiger partial charge on any atom is 0.0281 e. The van der Waals surface area contributed by atoms with Crippen LogP contribution in [0.4, 0.5) is 0 Å². The van der Waals surface area contributed by atoms with Crippen LogP contribution in [0.25, 0.3) is 0 Å². The molecule has 0 radical (unpaired) electrons. The minimum atomic E-state index is 0.578. The van der Waals surface area contributed by atoms with Crippen LogP contribution >= 0.6 is 11.8 Å². The van der Waals surface area contributed by atoms with Crippen LogP contribution in [0.5, 0.6) is 0 Å². The van der Waals surface area contributed by atoms with Crippen molar-refractivity contribution >= 4 is 11.8 Å². The first-order valence-electron chi connectivity index (χ1n) is 7.56. The highest BCUT2D eigenvalue weighted by Gasteiger charge is 2.38. The van der Waals surface area contributed by atoms with Gasteiger partial charge >= 0.3 is 0 Å². The lowest BCUT2D eigenvalue weighted by Crippen LogP contribution is -2.49. The Morgan fingerprint density at radius 1 is 1.21 bits per heavy atom. The molecule has 0 aliphatic heterocycles. The first-order chi connectivity index (χ1) is 9.21. The normalized spacial score (nSPS) is 28.5. The third-order valence-electron chi connectivity index (χ3n) is 5.10. The standard InChI is InChI=1S/C17H25NS/c1-13-4-6-14(7-5-13)15-10-16(11-15)18-12-17(19-2)8-3-9-17/h4-7,15-16,18H,3,8-12H2,1-2H3. The molecule has 1 aromatic carbocycles. The molecular formula is C17H25NS. The van der Waals surface area contributed by atoms with Crippen molar-refractivity contribution in [3.63, 3.8) is 0 Å². The molecule has 0 spiro atoms. The summed E-state index contributed by atoms with van der Waals surface area (Å²) in [5.41, 5.74) is 2.90. The summed E-state index contributed by atoms with van der Waals surface area (Å²) in [4.78, 5) is 0. The van der Waals surface area contributed by atoms with Crippen molar-refractivity contribution in [1.82, 2.24) is 5.32 Å². The third-order valence-corrected chi connectivity index (χ3v) is 6.52. The molecule has 3 rings (SSSR count). The van der Waals surface area contributed by atoms with Crippen LogP contribution in [-0.4, -0.2) is 23.6 Å². The van der Waals surface area contributed by atoms with Crippen molar-refractivity contribution < 1.29 is 0 Å². The first kappa shape index (κ1) is 13.5. The van der Waals surface area contributed by atoms with E-state index in [1.54, 1.807) is 0 Å². The summed E-state index contributed by atoms with van der Waals surface area (Å²) < 4.78 is 0.578. The summed E-state index contributed by atoms with van der Waals surface area (Å²) in [5, 5.41) is 3.80. The molecule has 0 bridgehead atoms. The van der Waals surface area contributed by atoms with Crippen LogP contribution in [0, 0.1) is 6.92 Å². The number of benzene rings is 1. The van der Waals surface area contributed by atoms with Gasteiger partial charge in [-0.3, -0.25) is 0 Å². The summed E-state index contributed by atoms with van der Waals surface area (Å²) in [6.45, 7) is 3.38. The Morgan fingerprint density at radius 2 is 1.89 bits per heavy atom. The molecule has 0 saturated heterocycles. The number of thioether (sulfide) groups is 1. The van der Waals surface area contributed by atoms with Gasteiger partial charge in [0.05, 0.1) is 0 Å². The molecule has 0 unspecified atom stereocenters. The lowest BCUT2D eigenvalue weighted by molar-refractivity contribution is 0.256. The monoisotopic (exact) mass is 275 g/mol. The summed E-state index contributed by atoms with van der Waals surface area (Å²) in [5.74, 6) is 0.796. The Bertz CT molecular complexity index is 410. The zero-order valence-electron chi connectivity index (χ0n) is 12.1. The molecule has 1 nitrogen and oxygen atoms in total. The van der Waals surface area contributed by atoms with Crippen LogP contribution in [0.2, 0.25) is 0 Å². The van der Waals surface area contributed by atoms with Gasteiger partial charge in [-0.15, -0.1) is 0 Å². The Morgan fingerprint density at radius 3 is 2.42 bits per heavy atom. The molecule has 1 N–H and O–H groups in total. The molecule has 2 aliphatic rings. The molecule has 19 heavy (non-hydrogen) atoms. The van der Waals surface area contributed by atoms with E-state index in [0.717, 1.165) is 12.0 Å². The van der Waals surface area contributed by atoms with Gasteiger partial charge in [0.15, 0.2) is 0 Å². The first-order valence-corrected chi connectivity index (χ1v) is 8.78. The van der Waals surface area contributed by atoms with Crippen molar-refractivity contribution in [2.75, 3.05) is 12.8 Å². The van der Waals surface area contributed by atoms with Crippen molar-refractivity contribution in [3.8, 4) is 0 Å². The molecule has 0 atom stereocenters. The highest BCUT2D eigenvalue weighted by atomic mass is 32.2. The SMILES string of the molecule is CSC1(CNC2CC(c3ccc(C)cc3)C2)CCC1. The Hall–Kier alpha value is -0.470. The minimum Gasteiger partial charge on any atom is -0.313 e. The fourth-order valence-corrected chi connectivity index (χ4v) is 4.17. The number of hydrogen-bond donors (Lipinski definition) is 1. The molecule has 0 aromatic heterocycles. The average molecular weight is 275 g/mol. The molecule has 2 saturated carbocycles. The topological polar surface area (TPSA) is 12.0 Å². The second kappa shape index (κ2) is 5.49. The number of rotatable bonds is 5. The van der Waals surface area contributed by atoms with Gasteiger partial charge in [-0.05, 0) is 50.3 Å². The van der Waals surface area contributed by atoms with Crippen molar-refractivity contribution in [2.45, 2.75) is 55.7 Å². The van der Waals surface area contributed by atoms with Crippen LogP contribution in [0.3, 0.4) is 0 Å². The fraction of sp³-hybridized carbons (Fsp3) is 0.647. The maximum atomic E-state index is 3.80. The van der Waals surface area contributed by atoms with E-state index in [-0.39, 0.29) is 0 Å². The van der Waals surface area contributed by atoms with Gasteiger partial charge in [-0.1, -0.05) is 36.2 Å². The molecule has 0 amide bonds. The van der Waals surface area contributed by atoms with Gasteiger partial charge in [0.25, 0.3) is 0 Å². The van der Waals surface area contributed by atoms with Gasteiger partial charge in [-0.25, -0.2) is 0 Å². The summed E-state index contributed by atoms with van der Waals surface area (Å²) in [7, 11) is 0. The molecule has 2 heteroatoms. The van der Waals surface area contributed by atoms with Gasteiger partial charge < -0.3 is 5.32 Å². The lowest BCUT2D eigenvalue weighted by Gasteiger charge is -2.44. The van der Waals surface area contributed by atoms with Crippen molar-refractivity contribution in [3.05, 3.63) is 35.4 Å². The van der Waals surface area contributed by atoms with Gasteiger partial charge in [-0.2, -0.15) is 11.8 Å². The highest BCUT2D eigenvalue weighted by molar-refractivity contribution is 8.00. The van der Waals surface area contributed by atoms with E-state index >= 15 is 0 Å². The van der Waals surface area contributed by atoms with Crippen LogP contribution < -0.4 is 5.32 Å². The smallest absolute Gasteiger partial charge is 0.0281 e. The zero-order chi connectivity index (χ0) is 13.3. The van der Waals surface area contributed by atoms with Crippen molar-refractivity contribution in [2.24, 2.45) is 0 Å². The predicted octanol–water partition coefficient (Wildman–Crippen LogP) is 4.12. The summed E-state index contributed by atoms with van der Waals surface area (Å²) in [6, 6.07) is 9.87. The van der Waals surface area contributed by atoms with Gasteiger partial charge in [0, 0.05) is 17.3 Å². The van der Waals surface area contributed by atoms with E-state index in [9.17, 15) is 0 Å². The molecular weight excluding hydrogens is 250 g/mol. The van der Waals surface area contributed by atoms with Gasteiger partial charge in [0.2, 0.25) is 0 Å². The fourth-order valence-electron chi connectivity index (χ4n) is 3.25. The summed E-state index contributed by atoms with van der Waals surface area (Å²) in [6.07, 6.45) is 9.18. The zero-order valence-corrected chi connectivity index (χ0v) is 12.9. The van der Waals surface area contributed by atoms with Crippen LogP contribution in [-0.2, 0) is 0 Å². The van der Waals surface area contributed by atoms with Crippen LogP contribution in [0.1, 0.15) is 49.1 Å². The molecule has 1 aromatic rings. The average Bonchev–Trinajstić information content (AvgIpc) is 2.32. The molecule has 2 fully saturated rings. The largest absolute Gasteiger partial charge is 0.313 e. The third kappa shape index (κ3) is 2.85. The Kier molecular flexibility index (Phi) is 3.91. The van der Waals surface area contributed by atoms with Crippen molar-refractivity contribution in [1.29, 1.82) is 0 Å². The number of aryl methyl sites for hydroxylation is 1. The van der Waals surface area contributed by atoms with E-state index in [1.165, 1.54) is 49.8 Å². The molecule has 2 aliphatic carbocycles. The maximum absolute atomic E-state index is 3.80. The van der Waals surface area contributed by atoms with E-state index in [1.807, 2.05) is 0 Å². The second-order valence-electron chi connectivity index (χ2n) is 6.40. The Balaban J connectivity index is 1.44. The quantitative estimate of drug-likeness (QED) is 0.867. The Labute approximate surface area is 121 Å². The van der Waals surface area contributed by atoms with E-state index < -0.39 is 0 Å². The van der Waals surface area contributed by atoms with Gasteiger partial charge in [0.1, 0.15) is 0 Å². The minimum absolute atomic E-state index is 0.578. The van der Waals surface area contributed by atoms with Crippen LogP contribution in [0.15, 0.2) is 24.3 Å². The number of hydrogen-bond acceptors (Lipinski definition) is 2. The van der Waals surface area contributed by atoms with E-state index in [2.05, 4.69) is 54.5 Å². The van der Waals surface area contributed by atoms with E-state index in [0.29, 0.717) is 4.75 Å². The molecule has 0 heterocycles. The predicted molar refractivity (Wildman–Crippen MR) is 85.0 cm³/mol.